The lowest BCUT2D eigenvalue weighted by molar-refractivity contribution is 0.0953. The third kappa shape index (κ3) is 5.73. The Morgan fingerprint density at radius 3 is 2.67 bits per heavy atom. The van der Waals surface area contributed by atoms with Gasteiger partial charge in [-0.2, -0.15) is 0 Å². The number of hydrogen-bond donors (Lipinski definition) is 1. The molecule has 0 aliphatic carbocycles. The van der Waals surface area contributed by atoms with Crippen molar-refractivity contribution in [1.29, 1.82) is 0 Å². The molecule has 0 spiro atoms. The molecule has 0 saturated heterocycles. The van der Waals surface area contributed by atoms with Gasteiger partial charge in [-0.15, -0.1) is 11.3 Å². The average molecular weight is 346 g/mol. The number of benzene rings is 1. The van der Waals surface area contributed by atoms with E-state index < -0.39 is 0 Å². The van der Waals surface area contributed by atoms with Crippen LogP contribution in [0.5, 0.6) is 0 Å². The van der Waals surface area contributed by atoms with Crippen LogP contribution in [0.15, 0.2) is 30.3 Å². The molecule has 5 heteroatoms. The fourth-order valence-electron chi connectivity index (χ4n) is 2.51. The molecule has 0 saturated carbocycles. The second kappa shape index (κ2) is 8.94. The maximum absolute atomic E-state index is 12.3. The molecule has 0 atom stereocenters. The van der Waals surface area contributed by atoms with Crippen LogP contribution in [0, 0.1) is 12.8 Å². The molecule has 4 nitrogen and oxygen atoms in total. The van der Waals surface area contributed by atoms with Gasteiger partial charge in [0.25, 0.3) is 5.91 Å². The zero-order valence-corrected chi connectivity index (χ0v) is 15.8. The third-order valence-electron chi connectivity index (χ3n) is 3.70. The summed E-state index contributed by atoms with van der Waals surface area (Å²) < 4.78 is 0. The monoisotopic (exact) mass is 345 g/mol. The highest BCUT2D eigenvalue weighted by atomic mass is 32.1. The lowest BCUT2D eigenvalue weighted by atomic mass is 10.1. The van der Waals surface area contributed by atoms with Gasteiger partial charge in [0.2, 0.25) is 0 Å². The smallest absolute Gasteiger partial charge is 0.263 e. The first-order chi connectivity index (χ1) is 11.5. The van der Waals surface area contributed by atoms with E-state index in [0.717, 1.165) is 35.1 Å². The van der Waals surface area contributed by atoms with Crippen LogP contribution < -0.4 is 5.32 Å². The molecular weight excluding hydrogens is 318 g/mol. The van der Waals surface area contributed by atoms with Gasteiger partial charge in [-0.1, -0.05) is 44.2 Å². The third-order valence-corrected chi connectivity index (χ3v) is 4.88. The van der Waals surface area contributed by atoms with Gasteiger partial charge in [0.15, 0.2) is 0 Å². The summed E-state index contributed by atoms with van der Waals surface area (Å²) in [7, 11) is 2.07. The summed E-state index contributed by atoms with van der Waals surface area (Å²) in [6, 6.07) is 10.4. The molecule has 0 fully saturated rings. The molecule has 0 unspecified atom stereocenters. The first-order valence-electron chi connectivity index (χ1n) is 8.42. The van der Waals surface area contributed by atoms with E-state index >= 15 is 0 Å². The van der Waals surface area contributed by atoms with E-state index in [1.807, 2.05) is 25.1 Å². The van der Waals surface area contributed by atoms with E-state index in [1.165, 1.54) is 16.9 Å². The largest absolute Gasteiger partial charge is 0.350 e. The summed E-state index contributed by atoms with van der Waals surface area (Å²) in [5, 5.41) is 4.06. The zero-order chi connectivity index (χ0) is 17.5. The molecule has 0 aliphatic heterocycles. The van der Waals surface area contributed by atoms with Gasteiger partial charge in [-0.05, 0) is 25.5 Å². The Kier molecular flexibility index (Phi) is 6.94. The van der Waals surface area contributed by atoms with E-state index in [-0.39, 0.29) is 5.91 Å². The molecule has 1 heterocycles. The van der Waals surface area contributed by atoms with Gasteiger partial charge in [0.1, 0.15) is 4.88 Å². The fourth-order valence-corrected chi connectivity index (χ4v) is 3.71. The second-order valence-electron chi connectivity index (χ2n) is 6.60. The number of hydrogen-bond acceptors (Lipinski definition) is 4. The lowest BCUT2D eigenvalue weighted by Gasteiger charge is -2.16. The average Bonchev–Trinajstić information content (AvgIpc) is 2.88. The summed E-state index contributed by atoms with van der Waals surface area (Å²) >= 11 is 1.52. The minimum atomic E-state index is -0.00637. The van der Waals surface area contributed by atoms with E-state index in [1.54, 1.807) is 0 Å². The molecule has 1 aromatic heterocycles. The summed E-state index contributed by atoms with van der Waals surface area (Å²) in [6.45, 7) is 8.58. The Balaban J connectivity index is 1.79. The molecule has 24 heavy (non-hydrogen) atoms. The van der Waals surface area contributed by atoms with Crippen molar-refractivity contribution in [2.45, 2.75) is 33.7 Å². The van der Waals surface area contributed by atoms with Crippen LogP contribution in [0.25, 0.3) is 0 Å². The van der Waals surface area contributed by atoms with Crippen LogP contribution >= 0.6 is 11.3 Å². The van der Waals surface area contributed by atoms with E-state index in [9.17, 15) is 4.79 Å². The van der Waals surface area contributed by atoms with Crippen LogP contribution in [0.3, 0.4) is 0 Å². The molecule has 0 aliphatic rings. The number of nitrogens with zero attached hydrogens (tertiary/aromatic N) is 2. The van der Waals surface area contributed by atoms with Gasteiger partial charge in [0, 0.05) is 26.1 Å². The molecule has 2 rings (SSSR count). The number of thiazole rings is 1. The first-order valence-corrected chi connectivity index (χ1v) is 9.24. The Morgan fingerprint density at radius 1 is 1.29 bits per heavy atom. The van der Waals surface area contributed by atoms with Crippen LogP contribution in [-0.2, 0) is 13.0 Å². The summed E-state index contributed by atoms with van der Waals surface area (Å²) in [4.78, 5) is 19.8. The van der Waals surface area contributed by atoms with Crippen molar-refractivity contribution >= 4 is 17.2 Å². The molecule has 130 valence electrons. The van der Waals surface area contributed by atoms with Crippen molar-refractivity contribution < 1.29 is 4.79 Å². The highest BCUT2D eigenvalue weighted by molar-refractivity contribution is 7.13. The Labute approximate surface area is 148 Å². The van der Waals surface area contributed by atoms with Gasteiger partial charge >= 0.3 is 0 Å². The van der Waals surface area contributed by atoms with Crippen LogP contribution in [0.1, 0.15) is 39.8 Å². The summed E-state index contributed by atoms with van der Waals surface area (Å²) in [5.74, 6) is 0.547. The topological polar surface area (TPSA) is 45.2 Å². The lowest BCUT2D eigenvalue weighted by Crippen LogP contribution is -2.32. The van der Waals surface area contributed by atoms with E-state index in [2.05, 4.69) is 48.2 Å². The molecule has 0 radical (unpaired) electrons. The molecule has 0 bridgehead atoms. The van der Waals surface area contributed by atoms with Crippen molar-refractivity contribution in [2.75, 3.05) is 20.1 Å². The molecule has 1 N–H and O–H groups in total. The van der Waals surface area contributed by atoms with Crippen LogP contribution in [0.4, 0.5) is 0 Å². The van der Waals surface area contributed by atoms with E-state index in [0.29, 0.717) is 12.5 Å². The Hall–Kier alpha value is -1.72. The number of aryl methyl sites for hydroxylation is 1. The predicted octanol–water partition coefficient (Wildman–Crippen LogP) is 3.51. The normalized spacial score (nSPS) is 11.2. The van der Waals surface area contributed by atoms with Crippen molar-refractivity contribution in [3.63, 3.8) is 0 Å². The number of rotatable bonds is 8. The van der Waals surface area contributed by atoms with Gasteiger partial charge < -0.3 is 10.2 Å². The maximum Gasteiger partial charge on any atom is 0.263 e. The molecule has 1 amide bonds. The number of carbonyl (C=O) groups excluding carboxylic acids is 1. The quantitative estimate of drug-likeness (QED) is 0.796. The maximum atomic E-state index is 12.3. The van der Waals surface area contributed by atoms with Gasteiger partial charge in [-0.3, -0.25) is 4.79 Å². The SMILES string of the molecule is Cc1nc(CC(C)C)sc1C(=O)NCCN(C)Cc1ccccc1. The van der Waals surface area contributed by atoms with E-state index in [4.69, 9.17) is 0 Å². The molecule has 2 aromatic rings. The number of carbonyl (C=O) groups is 1. The Bertz CT molecular complexity index is 652. The summed E-state index contributed by atoms with van der Waals surface area (Å²) in [6.07, 6.45) is 0.929. The number of nitrogens with one attached hydrogen (secondary N) is 1. The minimum Gasteiger partial charge on any atom is -0.350 e. The van der Waals surface area contributed by atoms with Crippen LogP contribution in [-0.4, -0.2) is 35.9 Å². The fraction of sp³-hybridized carbons (Fsp3) is 0.474. The molecule has 1 aromatic carbocycles. The minimum absolute atomic E-state index is 0.00637. The van der Waals surface area contributed by atoms with Gasteiger partial charge in [0.05, 0.1) is 10.7 Å². The number of amides is 1. The summed E-state index contributed by atoms with van der Waals surface area (Å²) in [5.41, 5.74) is 2.12. The first kappa shape index (κ1) is 18.6. The molecular formula is C19H27N3OS. The number of likely N-dealkylation sites (N-methyl/N-ethyl adjacent to an activating group) is 1. The standard InChI is InChI=1S/C19H27N3OS/c1-14(2)12-17-21-15(3)18(24-17)19(23)20-10-11-22(4)13-16-8-6-5-7-9-16/h5-9,14H,10-13H2,1-4H3,(H,20,23). The predicted molar refractivity (Wildman–Crippen MR) is 101 cm³/mol. The Morgan fingerprint density at radius 2 is 2.00 bits per heavy atom. The van der Waals surface area contributed by atoms with Crippen molar-refractivity contribution in [3.8, 4) is 0 Å². The zero-order valence-electron chi connectivity index (χ0n) is 15.0. The number of aromatic nitrogens is 1. The van der Waals surface area contributed by atoms with Crippen molar-refractivity contribution in [1.82, 2.24) is 15.2 Å². The van der Waals surface area contributed by atoms with Crippen molar-refractivity contribution in [2.24, 2.45) is 5.92 Å². The highest BCUT2D eigenvalue weighted by Crippen LogP contribution is 2.20. The van der Waals surface area contributed by atoms with Crippen LogP contribution in [0.2, 0.25) is 0 Å². The highest BCUT2D eigenvalue weighted by Gasteiger charge is 2.15. The van der Waals surface area contributed by atoms with Gasteiger partial charge in [-0.25, -0.2) is 4.98 Å². The van der Waals surface area contributed by atoms with Crippen molar-refractivity contribution in [3.05, 3.63) is 51.5 Å². The second-order valence-corrected chi connectivity index (χ2v) is 7.68.